The summed E-state index contributed by atoms with van der Waals surface area (Å²) < 4.78 is 13.0. The van der Waals surface area contributed by atoms with E-state index >= 15 is 0 Å². The lowest BCUT2D eigenvalue weighted by Crippen LogP contribution is -2.43. The Labute approximate surface area is 112 Å². The molecule has 19 heavy (non-hydrogen) atoms. The van der Waals surface area contributed by atoms with Gasteiger partial charge in [0, 0.05) is 38.3 Å². The number of likely N-dealkylation sites (tertiary alicyclic amines) is 1. The van der Waals surface area contributed by atoms with Crippen LogP contribution in [0.2, 0.25) is 0 Å². The maximum absolute atomic E-state index is 13.0. The van der Waals surface area contributed by atoms with Crippen LogP contribution in [0.15, 0.2) is 18.2 Å². The smallest absolute Gasteiger partial charge is 0.217 e. The first-order valence-corrected chi connectivity index (χ1v) is 6.58. The Kier molecular flexibility index (Phi) is 4.37. The van der Waals surface area contributed by atoms with Gasteiger partial charge >= 0.3 is 0 Å². The Bertz CT molecular complexity index is 456. The zero-order chi connectivity index (χ0) is 13.8. The van der Waals surface area contributed by atoms with Crippen molar-refractivity contribution in [2.24, 2.45) is 0 Å². The standard InChI is InChI=1S/C14H20FN3O/c1-10(19)17-13-4-6-18(7-5-13)9-11-2-3-12(15)8-14(11)16/h2-3,8,13H,4-7,9,16H2,1H3,(H,17,19). The molecular formula is C14H20FN3O. The van der Waals surface area contributed by atoms with Gasteiger partial charge in [-0.15, -0.1) is 0 Å². The highest BCUT2D eigenvalue weighted by atomic mass is 19.1. The van der Waals surface area contributed by atoms with Gasteiger partial charge in [0.1, 0.15) is 5.82 Å². The number of hydrogen-bond donors (Lipinski definition) is 2. The summed E-state index contributed by atoms with van der Waals surface area (Å²) in [4.78, 5) is 13.3. The van der Waals surface area contributed by atoms with Crippen molar-refractivity contribution in [3.05, 3.63) is 29.6 Å². The molecule has 0 radical (unpaired) electrons. The second-order valence-electron chi connectivity index (χ2n) is 5.09. The molecule has 1 aliphatic heterocycles. The van der Waals surface area contributed by atoms with E-state index in [-0.39, 0.29) is 17.8 Å². The predicted octanol–water partition coefficient (Wildman–Crippen LogP) is 1.51. The van der Waals surface area contributed by atoms with Gasteiger partial charge in [0.2, 0.25) is 5.91 Å². The Hall–Kier alpha value is -1.62. The highest BCUT2D eigenvalue weighted by Gasteiger charge is 2.20. The summed E-state index contributed by atoms with van der Waals surface area (Å²) in [5.74, 6) is -0.271. The van der Waals surface area contributed by atoms with Crippen molar-refractivity contribution in [1.82, 2.24) is 10.2 Å². The number of carbonyl (C=O) groups excluding carboxylic acids is 1. The molecule has 0 spiro atoms. The van der Waals surface area contributed by atoms with E-state index in [1.807, 2.05) is 0 Å². The number of halogens is 1. The second-order valence-corrected chi connectivity index (χ2v) is 5.09. The zero-order valence-electron chi connectivity index (χ0n) is 11.2. The van der Waals surface area contributed by atoms with E-state index in [0.29, 0.717) is 5.69 Å². The molecule has 0 aromatic heterocycles. The van der Waals surface area contributed by atoms with E-state index in [4.69, 9.17) is 5.73 Å². The molecule has 0 atom stereocenters. The minimum atomic E-state index is -0.300. The van der Waals surface area contributed by atoms with Crippen LogP contribution < -0.4 is 11.1 Å². The van der Waals surface area contributed by atoms with Crippen LogP contribution in [-0.4, -0.2) is 29.9 Å². The molecule has 1 fully saturated rings. The molecule has 5 heteroatoms. The zero-order valence-corrected chi connectivity index (χ0v) is 11.2. The lowest BCUT2D eigenvalue weighted by molar-refractivity contribution is -0.119. The summed E-state index contributed by atoms with van der Waals surface area (Å²) in [6, 6.07) is 4.82. The predicted molar refractivity (Wildman–Crippen MR) is 72.9 cm³/mol. The molecule has 2 rings (SSSR count). The van der Waals surface area contributed by atoms with Gasteiger partial charge in [-0.05, 0) is 30.5 Å². The van der Waals surface area contributed by atoms with Crippen molar-refractivity contribution >= 4 is 11.6 Å². The van der Waals surface area contributed by atoms with Crippen molar-refractivity contribution in [1.29, 1.82) is 0 Å². The molecule has 1 heterocycles. The number of nitrogen functional groups attached to an aromatic ring is 1. The first-order valence-electron chi connectivity index (χ1n) is 6.58. The van der Waals surface area contributed by atoms with E-state index in [2.05, 4.69) is 10.2 Å². The molecule has 104 valence electrons. The topological polar surface area (TPSA) is 58.4 Å². The minimum Gasteiger partial charge on any atom is -0.398 e. The lowest BCUT2D eigenvalue weighted by Gasteiger charge is -2.32. The van der Waals surface area contributed by atoms with Crippen LogP contribution in [0, 0.1) is 5.82 Å². The quantitative estimate of drug-likeness (QED) is 0.814. The van der Waals surface area contributed by atoms with E-state index in [0.717, 1.165) is 38.0 Å². The van der Waals surface area contributed by atoms with Crippen molar-refractivity contribution in [2.45, 2.75) is 32.4 Å². The number of nitrogens with one attached hydrogen (secondary N) is 1. The van der Waals surface area contributed by atoms with Gasteiger partial charge in [0.25, 0.3) is 0 Å². The van der Waals surface area contributed by atoms with Gasteiger partial charge in [-0.25, -0.2) is 4.39 Å². The number of anilines is 1. The maximum atomic E-state index is 13.0. The van der Waals surface area contributed by atoms with Crippen LogP contribution in [0.1, 0.15) is 25.3 Å². The number of amides is 1. The molecule has 0 bridgehead atoms. The van der Waals surface area contributed by atoms with E-state index in [1.54, 1.807) is 13.0 Å². The molecule has 1 aromatic carbocycles. The Balaban J connectivity index is 1.87. The third-order valence-electron chi connectivity index (χ3n) is 3.50. The fourth-order valence-electron chi connectivity index (χ4n) is 2.47. The summed E-state index contributed by atoms with van der Waals surface area (Å²) >= 11 is 0. The van der Waals surface area contributed by atoms with Crippen LogP contribution in [0.5, 0.6) is 0 Å². The van der Waals surface area contributed by atoms with Gasteiger partial charge in [-0.2, -0.15) is 0 Å². The molecule has 4 nitrogen and oxygen atoms in total. The Morgan fingerprint density at radius 3 is 2.74 bits per heavy atom. The SMILES string of the molecule is CC(=O)NC1CCN(Cc2ccc(F)cc2N)CC1. The monoisotopic (exact) mass is 265 g/mol. The second kappa shape index (κ2) is 6.02. The number of carbonyl (C=O) groups is 1. The van der Waals surface area contributed by atoms with E-state index in [9.17, 15) is 9.18 Å². The average Bonchev–Trinajstić information content (AvgIpc) is 2.34. The molecule has 1 aromatic rings. The highest BCUT2D eigenvalue weighted by molar-refractivity contribution is 5.73. The fraction of sp³-hybridized carbons (Fsp3) is 0.500. The van der Waals surface area contributed by atoms with Gasteiger partial charge in [0.15, 0.2) is 0 Å². The van der Waals surface area contributed by atoms with Crippen LogP contribution >= 0.6 is 0 Å². The number of benzene rings is 1. The van der Waals surface area contributed by atoms with Crippen molar-refractivity contribution in [2.75, 3.05) is 18.8 Å². The molecule has 0 saturated carbocycles. The van der Waals surface area contributed by atoms with Crippen LogP contribution in [0.25, 0.3) is 0 Å². The van der Waals surface area contributed by atoms with Crippen LogP contribution in [-0.2, 0) is 11.3 Å². The summed E-state index contributed by atoms with van der Waals surface area (Å²) in [7, 11) is 0. The number of hydrogen-bond acceptors (Lipinski definition) is 3. The van der Waals surface area contributed by atoms with Gasteiger partial charge in [-0.1, -0.05) is 6.07 Å². The van der Waals surface area contributed by atoms with Crippen molar-refractivity contribution in [3.8, 4) is 0 Å². The average molecular weight is 265 g/mol. The summed E-state index contributed by atoms with van der Waals surface area (Å²) in [6.45, 7) is 4.12. The highest BCUT2D eigenvalue weighted by Crippen LogP contribution is 2.18. The van der Waals surface area contributed by atoms with Gasteiger partial charge in [0.05, 0.1) is 0 Å². The van der Waals surface area contributed by atoms with Crippen LogP contribution in [0.3, 0.4) is 0 Å². The molecule has 1 amide bonds. The third-order valence-corrected chi connectivity index (χ3v) is 3.50. The van der Waals surface area contributed by atoms with Gasteiger partial charge in [-0.3, -0.25) is 9.69 Å². The van der Waals surface area contributed by atoms with Crippen molar-refractivity contribution in [3.63, 3.8) is 0 Å². The molecule has 1 aliphatic rings. The number of nitrogens with zero attached hydrogens (tertiary/aromatic N) is 1. The maximum Gasteiger partial charge on any atom is 0.217 e. The summed E-state index contributed by atoms with van der Waals surface area (Å²) in [5.41, 5.74) is 7.27. The molecule has 0 aliphatic carbocycles. The first kappa shape index (κ1) is 13.8. The normalized spacial score (nSPS) is 17.4. The molecule has 1 saturated heterocycles. The first-order chi connectivity index (χ1) is 9.04. The van der Waals surface area contributed by atoms with E-state index in [1.165, 1.54) is 12.1 Å². The lowest BCUT2D eigenvalue weighted by atomic mass is 10.0. The molecule has 3 N–H and O–H groups in total. The third kappa shape index (κ3) is 3.92. The number of rotatable bonds is 3. The fourth-order valence-corrected chi connectivity index (χ4v) is 2.47. The molecular weight excluding hydrogens is 245 g/mol. The van der Waals surface area contributed by atoms with Crippen molar-refractivity contribution < 1.29 is 9.18 Å². The Morgan fingerprint density at radius 2 is 2.16 bits per heavy atom. The van der Waals surface area contributed by atoms with Crippen LogP contribution in [0.4, 0.5) is 10.1 Å². The van der Waals surface area contributed by atoms with E-state index < -0.39 is 0 Å². The molecule has 0 unspecified atom stereocenters. The number of piperidine rings is 1. The summed E-state index contributed by atoms with van der Waals surface area (Å²) in [6.07, 6.45) is 1.89. The number of nitrogens with two attached hydrogens (primary N) is 1. The Morgan fingerprint density at radius 1 is 1.47 bits per heavy atom. The van der Waals surface area contributed by atoms with Gasteiger partial charge < -0.3 is 11.1 Å². The summed E-state index contributed by atoms with van der Waals surface area (Å²) in [5, 5.41) is 2.95. The minimum absolute atomic E-state index is 0.0289. The largest absolute Gasteiger partial charge is 0.398 e.